The van der Waals surface area contributed by atoms with E-state index < -0.39 is 35.9 Å². The molecule has 1 aliphatic rings. The molecule has 3 aromatic rings. The van der Waals surface area contributed by atoms with E-state index in [0.717, 1.165) is 10.9 Å². The fourth-order valence-electron chi connectivity index (χ4n) is 5.73. The van der Waals surface area contributed by atoms with Crippen molar-refractivity contribution in [2.24, 2.45) is 5.92 Å². The lowest BCUT2D eigenvalue weighted by Gasteiger charge is -2.26. The molecule has 0 saturated heterocycles. The Morgan fingerprint density at radius 2 is 1.68 bits per heavy atom. The van der Waals surface area contributed by atoms with Crippen LogP contribution in [0.1, 0.15) is 52.0 Å². The molecule has 1 aliphatic heterocycles. The van der Waals surface area contributed by atoms with Gasteiger partial charge in [-0.1, -0.05) is 44.2 Å². The Kier molecular flexibility index (Phi) is 14.1. The minimum Gasteiger partial charge on any atom is -0.484 e. The van der Waals surface area contributed by atoms with Gasteiger partial charge in [-0.2, -0.15) is 5.10 Å². The lowest BCUT2D eigenvalue weighted by molar-refractivity contribution is -0.134. The number of fused-ring (bicyclic) bond motifs is 3. The van der Waals surface area contributed by atoms with Crippen LogP contribution in [0.3, 0.4) is 0 Å². The summed E-state index contributed by atoms with van der Waals surface area (Å²) in [6.07, 6.45) is 2.40. The molecule has 0 radical (unpaired) electrons. The van der Waals surface area contributed by atoms with Crippen LogP contribution in [0, 0.1) is 5.92 Å². The standard InChI is InChI=1S/C36H49N7O7/c1-24(2)18-29-35(48)41-34(25(3)44)36(49)38-14-6-7-16-42(33(47)22-43-30-13-5-4-11-27(30)21-39-43)17-9-15-37-32(46)23-50-28-12-8-10-26(19-28)20-31(45)40-29/h4-5,8,10-13,19,21,24-25,29,34,44H,6-7,9,14-18,20,22-23H2,1-3H3,(H,37,46)(H,38,49)(H,40,45)(H,41,48)/t25-,29-,34+/m1/s1. The molecule has 4 rings (SSSR count). The third-order valence-electron chi connectivity index (χ3n) is 8.32. The smallest absolute Gasteiger partial charge is 0.257 e. The lowest BCUT2D eigenvalue weighted by atomic mass is 10.0. The van der Waals surface area contributed by atoms with Crippen molar-refractivity contribution >= 4 is 40.4 Å². The molecule has 14 nitrogen and oxygen atoms in total. The van der Waals surface area contributed by atoms with E-state index in [4.69, 9.17) is 4.74 Å². The Morgan fingerprint density at radius 1 is 0.920 bits per heavy atom. The van der Waals surface area contributed by atoms with Crippen molar-refractivity contribution < 1.29 is 33.8 Å². The van der Waals surface area contributed by atoms with Crippen LogP contribution in [0.2, 0.25) is 0 Å². The molecular weight excluding hydrogens is 642 g/mol. The number of rotatable bonds is 5. The van der Waals surface area contributed by atoms with Crippen LogP contribution in [0.5, 0.6) is 5.75 Å². The first kappa shape index (κ1) is 37.8. The predicted molar refractivity (Wildman–Crippen MR) is 187 cm³/mol. The molecule has 0 unspecified atom stereocenters. The average Bonchev–Trinajstić information content (AvgIpc) is 3.48. The number of aliphatic hydroxyl groups is 1. The predicted octanol–water partition coefficient (Wildman–Crippen LogP) is 1.30. The van der Waals surface area contributed by atoms with Crippen LogP contribution in [0.25, 0.3) is 10.9 Å². The number of benzene rings is 2. The summed E-state index contributed by atoms with van der Waals surface area (Å²) in [7, 11) is 0. The molecule has 0 fully saturated rings. The van der Waals surface area contributed by atoms with Gasteiger partial charge in [0.2, 0.25) is 23.6 Å². The van der Waals surface area contributed by atoms with Gasteiger partial charge in [0.1, 0.15) is 24.4 Å². The van der Waals surface area contributed by atoms with Crippen molar-refractivity contribution in [3.8, 4) is 5.75 Å². The minimum absolute atomic E-state index is 0.0442. The number of carbonyl (C=O) groups is 5. The van der Waals surface area contributed by atoms with Crippen LogP contribution in [-0.4, -0.2) is 100 Å². The molecule has 5 N–H and O–H groups in total. The molecule has 50 heavy (non-hydrogen) atoms. The normalized spacial score (nSPS) is 20.1. The second kappa shape index (κ2) is 18.7. The van der Waals surface area contributed by atoms with Gasteiger partial charge in [0, 0.05) is 31.6 Å². The van der Waals surface area contributed by atoms with Crippen LogP contribution in [0.4, 0.5) is 0 Å². The van der Waals surface area contributed by atoms with Gasteiger partial charge in [0.05, 0.1) is 24.2 Å². The third kappa shape index (κ3) is 11.6. The maximum Gasteiger partial charge on any atom is 0.257 e. The molecule has 0 saturated carbocycles. The number of nitrogens with one attached hydrogen (secondary N) is 4. The van der Waals surface area contributed by atoms with Gasteiger partial charge in [0.15, 0.2) is 6.61 Å². The second-order valence-corrected chi connectivity index (χ2v) is 13.0. The number of ether oxygens (including phenoxy) is 1. The number of hydrogen-bond acceptors (Lipinski definition) is 8. The maximum atomic E-state index is 13.5. The van der Waals surface area contributed by atoms with E-state index in [2.05, 4.69) is 26.4 Å². The summed E-state index contributed by atoms with van der Waals surface area (Å²) in [4.78, 5) is 67.2. The van der Waals surface area contributed by atoms with Gasteiger partial charge in [0.25, 0.3) is 5.91 Å². The quantitative estimate of drug-likeness (QED) is 0.265. The zero-order valence-corrected chi connectivity index (χ0v) is 29.0. The Hall–Kier alpha value is -4.98. The molecule has 1 aromatic heterocycles. The van der Waals surface area contributed by atoms with Gasteiger partial charge >= 0.3 is 0 Å². The van der Waals surface area contributed by atoms with E-state index in [-0.39, 0.29) is 43.8 Å². The van der Waals surface area contributed by atoms with Gasteiger partial charge in [-0.3, -0.25) is 28.7 Å². The molecule has 14 heteroatoms. The number of aliphatic hydroxyl groups excluding tert-OH is 1. The van der Waals surface area contributed by atoms with E-state index in [0.29, 0.717) is 56.6 Å². The largest absolute Gasteiger partial charge is 0.484 e. The van der Waals surface area contributed by atoms with E-state index in [1.807, 2.05) is 38.1 Å². The molecule has 270 valence electrons. The summed E-state index contributed by atoms with van der Waals surface area (Å²) in [5.74, 6) is -1.53. The van der Waals surface area contributed by atoms with Crippen LogP contribution in [-0.2, 0) is 36.9 Å². The molecule has 2 bridgehead atoms. The summed E-state index contributed by atoms with van der Waals surface area (Å²) >= 11 is 0. The van der Waals surface area contributed by atoms with E-state index in [1.54, 1.807) is 40.0 Å². The van der Waals surface area contributed by atoms with Crippen molar-refractivity contribution in [3.05, 3.63) is 60.3 Å². The van der Waals surface area contributed by atoms with Crippen molar-refractivity contribution in [1.82, 2.24) is 35.9 Å². The van der Waals surface area contributed by atoms with Crippen molar-refractivity contribution in [2.75, 3.05) is 32.8 Å². The molecule has 0 aliphatic carbocycles. The Balaban J connectivity index is 1.47. The molecule has 2 aromatic carbocycles. The van der Waals surface area contributed by atoms with Crippen LogP contribution < -0.4 is 26.0 Å². The zero-order chi connectivity index (χ0) is 36.0. The minimum atomic E-state index is -1.23. The molecule has 3 atom stereocenters. The highest BCUT2D eigenvalue weighted by molar-refractivity contribution is 5.92. The highest BCUT2D eigenvalue weighted by Crippen LogP contribution is 2.15. The van der Waals surface area contributed by atoms with E-state index in [1.165, 1.54) is 6.92 Å². The number of aromatic nitrogens is 2. The fraction of sp³-hybridized carbons (Fsp3) is 0.500. The maximum absolute atomic E-state index is 13.5. The number of hydrogen-bond donors (Lipinski definition) is 5. The Bertz CT molecular complexity index is 1620. The Labute approximate surface area is 292 Å². The number of nitrogens with zero attached hydrogens (tertiary/aromatic N) is 3. The first-order valence-electron chi connectivity index (χ1n) is 17.2. The second-order valence-electron chi connectivity index (χ2n) is 13.0. The van der Waals surface area contributed by atoms with Gasteiger partial charge < -0.3 is 36.0 Å². The summed E-state index contributed by atoms with van der Waals surface area (Å²) < 4.78 is 7.34. The van der Waals surface area contributed by atoms with Crippen LogP contribution in [0.15, 0.2) is 54.7 Å². The summed E-state index contributed by atoms with van der Waals surface area (Å²) in [6, 6.07) is 12.3. The monoisotopic (exact) mass is 691 g/mol. The third-order valence-corrected chi connectivity index (χ3v) is 8.32. The van der Waals surface area contributed by atoms with Gasteiger partial charge in [-0.05, 0) is 62.3 Å². The number of amides is 5. The van der Waals surface area contributed by atoms with Crippen molar-refractivity contribution in [1.29, 1.82) is 0 Å². The molecule has 0 spiro atoms. The molecule has 2 heterocycles. The summed E-state index contributed by atoms with van der Waals surface area (Å²) in [5.41, 5.74) is 1.47. The number of carbonyl (C=O) groups excluding carboxylic acids is 5. The highest BCUT2D eigenvalue weighted by Gasteiger charge is 2.30. The van der Waals surface area contributed by atoms with E-state index in [9.17, 15) is 29.1 Å². The summed E-state index contributed by atoms with van der Waals surface area (Å²) in [6.45, 7) is 6.46. The SMILES string of the molecule is CC(C)C[C@H]1NC(=O)Cc2cccc(c2)OCC(=O)NCCCN(C(=O)Cn2ncc3ccccc32)CCCCNC(=O)[C@H]([C@@H](C)O)NC1=O. The number of para-hydroxylation sites is 1. The average molecular weight is 692 g/mol. The van der Waals surface area contributed by atoms with Crippen molar-refractivity contribution in [2.45, 2.75) is 77.6 Å². The summed E-state index contributed by atoms with van der Waals surface area (Å²) in [5, 5.41) is 26.7. The highest BCUT2D eigenvalue weighted by atomic mass is 16.5. The lowest BCUT2D eigenvalue weighted by Crippen LogP contribution is -2.57. The fourth-order valence-corrected chi connectivity index (χ4v) is 5.73. The van der Waals surface area contributed by atoms with E-state index >= 15 is 0 Å². The first-order chi connectivity index (χ1) is 24.0. The van der Waals surface area contributed by atoms with Gasteiger partial charge in [-0.15, -0.1) is 0 Å². The van der Waals surface area contributed by atoms with Crippen LogP contribution >= 0.6 is 0 Å². The topological polar surface area (TPSA) is 184 Å². The zero-order valence-electron chi connectivity index (χ0n) is 29.0. The molecular formula is C36H49N7O7. The first-order valence-corrected chi connectivity index (χ1v) is 17.2. The Morgan fingerprint density at radius 3 is 2.46 bits per heavy atom. The van der Waals surface area contributed by atoms with Gasteiger partial charge in [-0.25, -0.2) is 0 Å². The van der Waals surface area contributed by atoms with Crippen molar-refractivity contribution in [3.63, 3.8) is 0 Å². The molecule has 5 amide bonds.